The molecule has 2 aromatic carbocycles. The van der Waals surface area contributed by atoms with Gasteiger partial charge < -0.3 is 14.0 Å². The predicted molar refractivity (Wildman–Crippen MR) is 91.9 cm³/mol. The van der Waals surface area contributed by atoms with Crippen molar-refractivity contribution in [3.63, 3.8) is 0 Å². The van der Waals surface area contributed by atoms with Gasteiger partial charge in [0.25, 0.3) is 5.89 Å². The normalized spacial score (nSPS) is 10.5. The average Bonchev–Trinajstić information content (AvgIpc) is 3.08. The van der Waals surface area contributed by atoms with Crippen LogP contribution in [0.3, 0.4) is 0 Å². The lowest BCUT2D eigenvalue weighted by molar-refractivity contribution is 0.0426. The van der Waals surface area contributed by atoms with Crippen molar-refractivity contribution in [3.05, 3.63) is 64.0 Å². The number of halogens is 2. The fourth-order valence-electron chi connectivity index (χ4n) is 2.10. The standard InChI is InChI=1S/C17H12Cl2N2O4/c1-23-14-8-12(19)5-6-13(14)17(22)24-9-15-20-16(21-25-15)10-3-2-4-11(18)7-10/h2-8H,9H2,1H3. The summed E-state index contributed by atoms with van der Waals surface area (Å²) in [5, 5.41) is 4.86. The molecule has 3 aromatic rings. The number of methoxy groups -OCH3 is 1. The quantitative estimate of drug-likeness (QED) is 0.612. The van der Waals surface area contributed by atoms with E-state index in [-0.39, 0.29) is 18.1 Å². The molecule has 0 radical (unpaired) electrons. The third kappa shape index (κ3) is 4.10. The Balaban J connectivity index is 1.69. The van der Waals surface area contributed by atoms with Gasteiger partial charge in [0.1, 0.15) is 11.3 Å². The van der Waals surface area contributed by atoms with Gasteiger partial charge in [-0.1, -0.05) is 40.5 Å². The molecular formula is C17H12Cl2N2O4. The molecule has 0 spiro atoms. The van der Waals surface area contributed by atoms with E-state index < -0.39 is 5.97 Å². The molecular weight excluding hydrogens is 367 g/mol. The van der Waals surface area contributed by atoms with Crippen LogP contribution in [0.25, 0.3) is 11.4 Å². The molecule has 0 bridgehead atoms. The number of nitrogens with zero attached hydrogens (tertiary/aromatic N) is 2. The third-order valence-electron chi connectivity index (χ3n) is 3.26. The maximum atomic E-state index is 12.2. The van der Waals surface area contributed by atoms with Crippen LogP contribution in [0.2, 0.25) is 10.0 Å². The van der Waals surface area contributed by atoms with E-state index in [1.807, 2.05) is 0 Å². The summed E-state index contributed by atoms with van der Waals surface area (Å²) in [6, 6.07) is 11.7. The van der Waals surface area contributed by atoms with E-state index >= 15 is 0 Å². The number of ether oxygens (including phenoxy) is 2. The smallest absolute Gasteiger partial charge is 0.342 e. The van der Waals surface area contributed by atoms with Crippen LogP contribution in [-0.4, -0.2) is 23.2 Å². The summed E-state index contributed by atoms with van der Waals surface area (Å²) >= 11 is 11.8. The molecule has 0 atom stereocenters. The largest absolute Gasteiger partial charge is 0.496 e. The van der Waals surface area contributed by atoms with Gasteiger partial charge in [-0.05, 0) is 30.3 Å². The zero-order chi connectivity index (χ0) is 17.8. The van der Waals surface area contributed by atoms with Crippen LogP contribution in [0.4, 0.5) is 0 Å². The second-order valence-electron chi connectivity index (χ2n) is 4.94. The van der Waals surface area contributed by atoms with Crippen LogP contribution in [0.1, 0.15) is 16.2 Å². The summed E-state index contributed by atoms with van der Waals surface area (Å²) < 4.78 is 15.4. The third-order valence-corrected chi connectivity index (χ3v) is 3.73. The maximum Gasteiger partial charge on any atom is 0.342 e. The van der Waals surface area contributed by atoms with Gasteiger partial charge in [0.05, 0.1) is 7.11 Å². The van der Waals surface area contributed by atoms with Crippen molar-refractivity contribution in [2.45, 2.75) is 6.61 Å². The highest BCUT2D eigenvalue weighted by Crippen LogP contribution is 2.24. The number of hydrogen-bond acceptors (Lipinski definition) is 6. The molecule has 8 heteroatoms. The number of carbonyl (C=O) groups is 1. The number of carbonyl (C=O) groups excluding carboxylic acids is 1. The van der Waals surface area contributed by atoms with Crippen LogP contribution >= 0.6 is 23.2 Å². The summed E-state index contributed by atoms with van der Waals surface area (Å²) in [5.41, 5.74) is 0.953. The molecule has 1 heterocycles. The van der Waals surface area contributed by atoms with E-state index in [2.05, 4.69) is 10.1 Å². The monoisotopic (exact) mass is 378 g/mol. The number of rotatable bonds is 5. The molecule has 128 valence electrons. The van der Waals surface area contributed by atoms with Gasteiger partial charge in [-0.3, -0.25) is 0 Å². The van der Waals surface area contributed by atoms with E-state index in [1.54, 1.807) is 30.3 Å². The lowest BCUT2D eigenvalue weighted by Gasteiger charge is -2.07. The fourth-order valence-corrected chi connectivity index (χ4v) is 2.45. The van der Waals surface area contributed by atoms with Gasteiger partial charge >= 0.3 is 5.97 Å². The molecule has 0 aliphatic carbocycles. The first-order valence-corrected chi connectivity index (χ1v) is 7.91. The van der Waals surface area contributed by atoms with E-state index in [0.717, 1.165) is 0 Å². The number of hydrogen-bond donors (Lipinski definition) is 0. The molecule has 3 rings (SSSR count). The Morgan fingerprint density at radius 1 is 1.16 bits per heavy atom. The molecule has 0 amide bonds. The zero-order valence-corrected chi connectivity index (χ0v) is 14.5. The molecule has 6 nitrogen and oxygen atoms in total. The summed E-state index contributed by atoms with van der Waals surface area (Å²) in [7, 11) is 1.44. The van der Waals surface area contributed by atoms with Gasteiger partial charge in [-0.25, -0.2) is 4.79 Å². The minimum absolute atomic E-state index is 0.163. The van der Waals surface area contributed by atoms with Gasteiger partial charge in [0.15, 0.2) is 6.61 Å². The molecule has 0 N–H and O–H groups in total. The predicted octanol–water partition coefficient (Wildman–Crippen LogP) is 4.41. The average molecular weight is 379 g/mol. The topological polar surface area (TPSA) is 74.5 Å². The van der Waals surface area contributed by atoms with Crippen LogP contribution in [0.5, 0.6) is 5.75 Å². The van der Waals surface area contributed by atoms with Crippen molar-refractivity contribution in [3.8, 4) is 17.1 Å². The second-order valence-corrected chi connectivity index (χ2v) is 5.82. The first kappa shape index (κ1) is 17.3. The van der Waals surface area contributed by atoms with Gasteiger partial charge in [0, 0.05) is 15.6 Å². The summed E-state index contributed by atoms with van der Waals surface area (Å²) in [5.74, 6) is 0.257. The molecule has 1 aromatic heterocycles. The Morgan fingerprint density at radius 3 is 2.72 bits per heavy atom. The molecule has 0 aliphatic heterocycles. The van der Waals surface area contributed by atoms with E-state index in [4.69, 9.17) is 37.2 Å². The summed E-state index contributed by atoms with van der Waals surface area (Å²) in [4.78, 5) is 16.4. The highest BCUT2D eigenvalue weighted by Gasteiger charge is 2.16. The second kappa shape index (κ2) is 7.55. The summed E-state index contributed by atoms with van der Waals surface area (Å²) in [6.07, 6.45) is 0. The van der Waals surface area contributed by atoms with Crippen LogP contribution < -0.4 is 4.74 Å². The highest BCUT2D eigenvalue weighted by atomic mass is 35.5. The van der Waals surface area contributed by atoms with E-state index in [0.29, 0.717) is 27.2 Å². The van der Waals surface area contributed by atoms with E-state index in [9.17, 15) is 4.79 Å². The number of benzene rings is 2. The number of aromatic nitrogens is 2. The van der Waals surface area contributed by atoms with Gasteiger partial charge in [-0.15, -0.1) is 0 Å². The van der Waals surface area contributed by atoms with Crippen molar-refractivity contribution in [2.24, 2.45) is 0 Å². The Morgan fingerprint density at radius 2 is 1.96 bits per heavy atom. The minimum Gasteiger partial charge on any atom is -0.496 e. The van der Waals surface area contributed by atoms with Crippen LogP contribution in [0.15, 0.2) is 47.0 Å². The minimum atomic E-state index is -0.587. The van der Waals surface area contributed by atoms with Crippen molar-refractivity contribution in [1.29, 1.82) is 0 Å². The Labute approximate surface area is 153 Å². The molecule has 0 saturated heterocycles. The SMILES string of the molecule is COc1cc(Cl)ccc1C(=O)OCc1nc(-c2cccc(Cl)c2)no1. The lowest BCUT2D eigenvalue weighted by Crippen LogP contribution is -2.07. The Hall–Kier alpha value is -2.57. The lowest BCUT2D eigenvalue weighted by atomic mass is 10.2. The summed E-state index contributed by atoms with van der Waals surface area (Å²) in [6.45, 7) is -0.168. The molecule has 0 aliphatic rings. The van der Waals surface area contributed by atoms with Crippen molar-refractivity contribution < 1.29 is 18.8 Å². The Kier molecular flexibility index (Phi) is 5.21. The van der Waals surface area contributed by atoms with Gasteiger partial charge in [-0.2, -0.15) is 4.98 Å². The first-order valence-electron chi connectivity index (χ1n) is 7.16. The van der Waals surface area contributed by atoms with Gasteiger partial charge in [0.2, 0.25) is 5.82 Å². The van der Waals surface area contributed by atoms with Crippen molar-refractivity contribution in [2.75, 3.05) is 7.11 Å². The molecule has 0 saturated carbocycles. The highest BCUT2D eigenvalue weighted by molar-refractivity contribution is 6.31. The maximum absolute atomic E-state index is 12.2. The number of esters is 1. The van der Waals surface area contributed by atoms with E-state index in [1.165, 1.54) is 19.2 Å². The first-order chi connectivity index (χ1) is 12.1. The molecule has 0 unspecified atom stereocenters. The molecule has 0 fully saturated rings. The Bertz CT molecular complexity index is 911. The van der Waals surface area contributed by atoms with Crippen molar-refractivity contribution >= 4 is 29.2 Å². The fraction of sp³-hybridized carbons (Fsp3) is 0.118. The van der Waals surface area contributed by atoms with Crippen molar-refractivity contribution in [1.82, 2.24) is 10.1 Å². The van der Waals surface area contributed by atoms with Crippen LogP contribution in [-0.2, 0) is 11.3 Å². The van der Waals surface area contributed by atoms with Crippen LogP contribution in [0, 0.1) is 0 Å². The molecule has 25 heavy (non-hydrogen) atoms. The zero-order valence-electron chi connectivity index (χ0n) is 13.0.